The summed E-state index contributed by atoms with van der Waals surface area (Å²) in [5.74, 6) is -6.08. The zero-order valence-corrected chi connectivity index (χ0v) is 31.2. The van der Waals surface area contributed by atoms with Gasteiger partial charge in [-0.15, -0.1) is 0 Å². The number of guanidine groups is 1. The number of rotatable bonds is 15. The number of nitrogens with two attached hydrogens (primary N) is 2. The first-order valence-corrected chi connectivity index (χ1v) is 17.8. The number of carboxylic acid groups (broad SMARTS) is 1. The summed E-state index contributed by atoms with van der Waals surface area (Å²) in [5.41, 5.74) is 11.0. The van der Waals surface area contributed by atoms with Crippen molar-refractivity contribution in [1.29, 1.82) is 0 Å². The van der Waals surface area contributed by atoms with Crippen molar-refractivity contribution in [2.45, 2.75) is 69.1 Å². The number of carboxylic acids is 1. The van der Waals surface area contributed by atoms with Crippen LogP contribution >= 0.6 is 0 Å². The maximum absolute atomic E-state index is 13.9. The van der Waals surface area contributed by atoms with E-state index in [0.29, 0.717) is 17.8 Å². The summed E-state index contributed by atoms with van der Waals surface area (Å²) >= 11 is 1.70. The number of nitrogens with zero attached hydrogens (tertiary/aromatic N) is 4. The normalized spacial score (nSPS) is 19.4. The Morgan fingerprint density at radius 3 is 2.18 bits per heavy atom. The van der Waals surface area contributed by atoms with Crippen LogP contribution in [0.15, 0.2) is 51.6 Å². The van der Waals surface area contributed by atoms with Gasteiger partial charge in [-0.25, -0.2) is 0 Å². The largest absolute Gasteiger partial charge is 0.481 e. The summed E-state index contributed by atoms with van der Waals surface area (Å²) in [5, 5.41) is 28.3. The molecule has 22 nitrogen and oxygen atoms in total. The number of carbonyl (C=O) groups is 7. The molecule has 23 heteroatoms. The van der Waals surface area contributed by atoms with Crippen molar-refractivity contribution >= 4 is 53.2 Å². The molecule has 0 spiro atoms. The second-order valence-corrected chi connectivity index (χ2v) is 12.5. The molecule has 6 amide bonds. The first-order chi connectivity index (χ1) is 26.2. The quantitative estimate of drug-likeness (QED) is 0.0273. The topological polar surface area (TPSA) is 349 Å². The van der Waals surface area contributed by atoms with Crippen LogP contribution in [-0.2, 0) is 53.9 Å². The van der Waals surface area contributed by atoms with Crippen molar-refractivity contribution < 1.29 is 57.4 Å². The Labute approximate surface area is 323 Å². The van der Waals surface area contributed by atoms with E-state index in [0.717, 1.165) is 0 Å². The molecule has 1 saturated heterocycles. The van der Waals surface area contributed by atoms with Gasteiger partial charge in [-0.3, -0.25) is 38.6 Å². The third kappa shape index (κ3) is 15.4. The van der Waals surface area contributed by atoms with Crippen LogP contribution in [0.1, 0.15) is 54.4 Å². The Morgan fingerprint density at radius 2 is 1.55 bits per heavy atom. The van der Waals surface area contributed by atoms with Crippen LogP contribution in [-0.4, -0.2) is 106 Å². The van der Waals surface area contributed by atoms with Gasteiger partial charge in [0.15, 0.2) is 5.96 Å². The molecule has 2 aromatic heterocycles. The van der Waals surface area contributed by atoms with E-state index < -0.39 is 84.1 Å². The average Bonchev–Trinajstić information content (AvgIpc) is 3.14. The summed E-state index contributed by atoms with van der Waals surface area (Å²) in [4.78, 5) is 113. The predicted molar refractivity (Wildman–Crippen MR) is 188 cm³/mol. The number of pyridine rings is 2. The van der Waals surface area contributed by atoms with E-state index in [1.807, 2.05) is 0 Å². The number of H-pyrrole nitrogens is 1. The number of hydrogen-bond acceptors (Lipinski definition) is 11. The molecule has 12 N–H and O–H groups in total. The predicted octanol–water partition coefficient (Wildman–Crippen LogP) is -3.61. The van der Waals surface area contributed by atoms with Crippen LogP contribution < -0.4 is 52.3 Å². The number of aromatic amines is 1. The van der Waals surface area contributed by atoms with Crippen molar-refractivity contribution in [3.05, 3.63) is 58.1 Å². The Hall–Kier alpha value is -6.18. The third-order valence-corrected chi connectivity index (χ3v) is 8.13. The molecule has 2 aromatic rings. The van der Waals surface area contributed by atoms with E-state index in [-0.39, 0.29) is 56.7 Å². The Balaban J connectivity index is 1.87. The van der Waals surface area contributed by atoms with Gasteiger partial charge in [-0.1, -0.05) is 6.07 Å². The number of nitrogens with one attached hydrogen (secondary N) is 7. The number of aromatic nitrogens is 2. The fraction of sp³-hybridized carbons (Fsp3) is 0.438. The van der Waals surface area contributed by atoms with Gasteiger partial charge in [0, 0.05) is 25.2 Å². The fourth-order valence-electron chi connectivity index (χ4n) is 5.19. The number of carbonyl (C=O) groups excluding carboxylic acids is 6. The molecule has 0 saturated carbocycles. The Morgan fingerprint density at radius 1 is 0.873 bits per heavy atom. The molecule has 0 unspecified atom stereocenters. The van der Waals surface area contributed by atoms with Gasteiger partial charge >= 0.3 is 110 Å². The van der Waals surface area contributed by atoms with Crippen LogP contribution in [0.3, 0.4) is 0 Å². The van der Waals surface area contributed by atoms with E-state index in [1.165, 1.54) is 36.7 Å². The van der Waals surface area contributed by atoms with Crippen molar-refractivity contribution in [2.75, 3.05) is 19.6 Å². The maximum atomic E-state index is 13.9. The first-order valence-electron chi connectivity index (χ1n) is 16.9. The van der Waals surface area contributed by atoms with Crippen LogP contribution in [0.25, 0.3) is 0 Å². The molecule has 1 aliphatic rings. The van der Waals surface area contributed by atoms with E-state index in [4.69, 9.17) is 11.5 Å². The molecule has 0 aliphatic carbocycles. The molecule has 1 fully saturated rings. The van der Waals surface area contributed by atoms with E-state index in [2.05, 4.69) is 55.4 Å². The number of aliphatic carboxylic acids is 1. The fourth-order valence-corrected chi connectivity index (χ4v) is 5.38. The molecule has 0 bridgehead atoms. The molecule has 1 aliphatic heterocycles. The second kappa shape index (κ2) is 22.1. The SMILES string of the molecule is NC(N)=NCCC[C@@H]1NC(=O)[C@H](CCCCNC(=O)c2ccc(N=[N+]=[Tc])nc2)NC(=O)[C@@H](Cc2ccc(=O)[nH]c2)NC(=O)[C@H](CC(=O)O)NC(=O)CNC1=O. The third-order valence-electron chi connectivity index (χ3n) is 7.94. The number of amides is 6. The van der Waals surface area contributed by atoms with Gasteiger partial charge in [0.2, 0.25) is 35.1 Å². The van der Waals surface area contributed by atoms with Crippen molar-refractivity contribution in [1.82, 2.24) is 45.3 Å². The molecule has 55 heavy (non-hydrogen) atoms. The molecule has 0 aromatic carbocycles. The summed E-state index contributed by atoms with van der Waals surface area (Å²) < 4.78 is 3.59. The molecule has 4 atom stereocenters. The van der Waals surface area contributed by atoms with E-state index in [9.17, 15) is 43.5 Å². The van der Waals surface area contributed by atoms with E-state index >= 15 is 0 Å². The van der Waals surface area contributed by atoms with Crippen LogP contribution in [0.4, 0.5) is 5.82 Å². The minimum atomic E-state index is -1.66. The van der Waals surface area contributed by atoms with E-state index in [1.54, 1.807) is 18.7 Å². The number of aliphatic imine (C=N–C) groups is 1. The monoisotopic (exact) mass is 849 g/mol. The average molecular weight is 851 g/mol. The molecule has 3 heterocycles. The van der Waals surface area contributed by atoms with Gasteiger partial charge < -0.3 is 48.1 Å². The zero-order chi connectivity index (χ0) is 40.3. The molecule has 295 valence electrons. The first kappa shape index (κ1) is 43.2. The maximum Gasteiger partial charge on any atom is 0.305 e. The zero-order valence-electron chi connectivity index (χ0n) is 29.4. The molecular weight excluding hydrogens is 808 g/mol. The smallest absolute Gasteiger partial charge is 0.305 e. The van der Waals surface area contributed by atoms with Gasteiger partial charge in [0.1, 0.15) is 24.2 Å². The number of hydrogen-bond donors (Lipinski definition) is 10. The van der Waals surface area contributed by atoms with Gasteiger partial charge in [0.05, 0.1) is 13.0 Å². The standard InChI is InChI=1S/C32H42N13O9.Tc/c33-32(34)37-11-3-5-19-28(51)40-16-25(47)41-22(13-26(48)49)31(54)44-21(12-17-6-9-24(46)39-14-17)30(53)43-20(29(52)42-19)4-1-2-10-36-27(50)18-7-8-23(45-35)38-15-18;/h6-9,14-15,19-22H,1-5,10-13,16H2,(H,36,50)(H,39,46)(H,40,51)(H,41,47)(H,42,52)(H,43,53)(H,44,54)(H,48,49)(H4,33,34,37);/q-1;+2/t19-,20-,21+,22-;/m0./s1. The van der Waals surface area contributed by atoms with Gasteiger partial charge in [-0.2, -0.15) is 0 Å². The minimum Gasteiger partial charge on any atom is -0.481 e. The van der Waals surface area contributed by atoms with Gasteiger partial charge in [0.25, 0.3) is 0 Å². The molecular formula is C32H42N13O9Tc+. The van der Waals surface area contributed by atoms with Crippen LogP contribution in [0.2, 0.25) is 0 Å². The second-order valence-electron chi connectivity index (χ2n) is 12.2. The molecule has 0 radical (unpaired) electrons. The van der Waals surface area contributed by atoms with Crippen molar-refractivity contribution in [2.24, 2.45) is 21.6 Å². The van der Waals surface area contributed by atoms with Crippen molar-refractivity contribution in [3.63, 3.8) is 0 Å². The summed E-state index contributed by atoms with van der Waals surface area (Å²) in [6, 6.07) is 0.0580. The van der Waals surface area contributed by atoms with Crippen LogP contribution in [0, 0.1) is 0 Å². The Kier molecular flexibility index (Phi) is 17.4. The summed E-state index contributed by atoms with van der Waals surface area (Å²) in [6.45, 7) is -0.391. The summed E-state index contributed by atoms with van der Waals surface area (Å²) in [7, 11) is 0. The summed E-state index contributed by atoms with van der Waals surface area (Å²) in [6.07, 6.45) is 2.45. The van der Waals surface area contributed by atoms with Crippen molar-refractivity contribution in [3.8, 4) is 0 Å². The minimum absolute atomic E-state index is 0.00828. The Bertz CT molecular complexity index is 1840. The van der Waals surface area contributed by atoms with Crippen LogP contribution in [0.5, 0.6) is 0 Å². The van der Waals surface area contributed by atoms with Gasteiger partial charge in [-0.05, 0) is 18.4 Å². The number of unbranched alkanes of at least 4 members (excludes halogenated alkanes) is 1. The molecule has 3 rings (SSSR count).